The molecule has 3 rings (SSSR count). The topological polar surface area (TPSA) is 38.3 Å². The maximum Gasteiger partial charge on any atom is 0.251 e. The highest BCUT2D eigenvalue weighted by Crippen LogP contribution is 2.21. The summed E-state index contributed by atoms with van der Waals surface area (Å²) in [4.78, 5) is 12.3. The Morgan fingerprint density at radius 1 is 1.18 bits per heavy atom. The Labute approximate surface area is 131 Å². The van der Waals surface area contributed by atoms with Gasteiger partial charge in [0.1, 0.15) is 0 Å². The van der Waals surface area contributed by atoms with Crippen LogP contribution in [0.5, 0.6) is 0 Å². The Morgan fingerprint density at radius 3 is 2.68 bits per heavy atom. The number of carbonyl (C=O) groups is 1. The number of amides is 1. The fourth-order valence-corrected chi connectivity index (χ4v) is 2.78. The van der Waals surface area contributed by atoms with E-state index >= 15 is 0 Å². The molecule has 2 aromatic rings. The van der Waals surface area contributed by atoms with Gasteiger partial charge in [-0.3, -0.25) is 4.79 Å². The second kappa shape index (κ2) is 6.75. The van der Waals surface area contributed by atoms with Gasteiger partial charge in [0.25, 0.3) is 5.91 Å². The van der Waals surface area contributed by atoms with Crippen molar-refractivity contribution in [1.29, 1.82) is 0 Å². The number of hydrogen-bond acceptors (Lipinski definition) is 2. The number of carbonyl (C=O) groups excluding carboxylic acids is 1. The third-order valence-corrected chi connectivity index (χ3v) is 3.99. The van der Waals surface area contributed by atoms with Gasteiger partial charge in [-0.2, -0.15) is 0 Å². The zero-order chi connectivity index (χ0) is 15.4. The van der Waals surface area contributed by atoms with Crippen molar-refractivity contribution in [3.05, 3.63) is 59.7 Å². The van der Waals surface area contributed by atoms with Crippen molar-refractivity contribution in [1.82, 2.24) is 5.32 Å². The van der Waals surface area contributed by atoms with Gasteiger partial charge in [0, 0.05) is 18.7 Å². The van der Waals surface area contributed by atoms with Crippen LogP contribution in [-0.4, -0.2) is 25.2 Å². The van der Waals surface area contributed by atoms with Crippen LogP contribution in [0.25, 0.3) is 11.1 Å². The van der Waals surface area contributed by atoms with Crippen molar-refractivity contribution in [3.63, 3.8) is 0 Å². The highest BCUT2D eigenvalue weighted by atomic mass is 16.5. The minimum absolute atomic E-state index is 0.0370. The van der Waals surface area contributed by atoms with Gasteiger partial charge in [0.2, 0.25) is 0 Å². The Bertz CT molecular complexity index is 660. The van der Waals surface area contributed by atoms with Crippen molar-refractivity contribution in [2.75, 3.05) is 13.2 Å². The number of ether oxygens (including phenoxy) is 1. The third kappa shape index (κ3) is 3.55. The van der Waals surface area contributed by atoms with Crippen LogP contribution in [0.4, 0.5) is 0 Å². The monoisotopic (exact) mass is 295 g/mol. The van der Waals surface area contributed by atoms with Crippen LogP contribution >= 0.6 is 0 Å². The van der Waals surface area contributed by atoms with Crippen molar-refractivity contribution in [2.24, 2.45) is 0 Å². The second-order valence-corrected chi connectivity index (χ2v) is 5.80. The molecule has 0 unspecified atom stereocenters. The van der Waals surface area contributed by atoms with Crippen molar-refractivity contribution < 1.29 is 9.53 Å². The lowest BCUT2D eigenvalue weighted by Gasteiger charge is -2.11. The van der Waals surface area contributed by atoms with E-state index < -0.39 is 0 Å². The predicted octanol–water partition coefficient (Wildman–Crippen LogP) is 3.57. The quantitative estimate of drug-likeness (QED) is 0.936. The van der Waals surface area contributed by atoms with Gasteiger partial charge in [-0.15, -0.1) is 0 Å². The molecule has 1 fully saturated rings. The molecule has 114 valence electrons. The van der Waals surface area contributed by atoms with Crippen LogP contribution in [0, 0.1) is 6.92 Å². The fraction of sp³-hybridized carbons (Fsp3) is 0.316. The molecule has 0 saturated carbocycles. The molecule has 0 aromatic heterocycles. The molecule has 0 bridgehead atoms. The molecular weight excluding hydrogens is 274 g/mol. The van der Waals surface area contributed by atoms with E-state index in [9.17, 15) is 4.79 Å². The van der Waals surface area contributed by atoms with Crippen LogP contribution in [0.2, 0.25) is 0 Å². The first-order valence-electron chi connectivity index (χ1n) is 7.79. The van der Waals surface area contributed by atoms with Gasteiger partial charge in [0.15, 0.2) is 0 Å². The first-order chi connectivity index (χ1) is 10.7. The molecule has 0 spiro atoms. The van der Waals surface area contributed by atoms with Gasteiger partial charge >= 0.3 is 0 Å². The largest absolute Gasteiger partial charge is 0.376 e. The Kier molecular flexibility index (Phi) is 4.54. The number of nitrogens with one attached hydrogen (secondary N) is 1. The summed E-state index contributed by atoms with van der Waals surface area (Å²) in [7, 11) is 0. The van der Waals surface area contributed by atoms with Gasteiger partial charge in [-0.05, 0) is 43.0 Å². The molecule has 1 N–H and O–H groups in total. The molecule has 1 atom stereocenters. The molecule has 3 nitrogen and oxygen atoms in total. The Hall–Kier alpha value is -2.13. The lowest BCUT2D eigenvalue weighted by molar-refractivity contribution is 0.0858. The third-order valence-electron chi connectivity index (χ3n) is 3.99. The normalized spacial score (nSPS) is 17.4. The number of hydrogen-bond donors (Lipinski definition) is 1. The zero-order valence-corrected chi connectivity index (χ0v) is 12.8. The molecule has 0 aliphatic carbocycles. The number of benzene rings is 2. The van der Waals surface area contributed by atoms with Crippen LogP contribution < -0.4 is 5.32 Å². The van der Waals surface area contributed by atoms with Gasteiger partial charge in [0.05, 0.1) is 6.10 Å². The van der Waals surface area contributed by atoms with E-state index in [4.69, 9.17) is 4.74 Å². The molecule has 1 aliphatic heterocycles. The van der Waals surface area contributed by atoms with E-state index in [1.54, 1.807) is 0 Å². The van der Waals surface area contributed by atoms with E-state index in [2.05, 4.69) is 30.4 Å². The molecular formula is C19H21NO2. The summed E-state index contributed by atoms with van der Waals surface area (Å²) >= 11 is 0. The molecule has 1 aliphatic rings. The van der Waals surface area contributed by atoms with E-state index in [-0.39, 0.29) is 12.0 Å². The van der Waals surface area contributed by atoms with E-state index in [1.807, 2.05) is 30.3 Å². The summed E-state index contributed by atoms with van der Waals surface area (Å²) in [6.45, 7) is 3.47. The number of rotatable bonds is 4. The average Bonchev–Trinajstić information content (AvgIpc) is 3.06. The molecule has 3 heteroatoms. The van der Waals surface area contributed by atoms with E-state index in [1.165, 1.54) is 5.56 Å². The summed E-state index contributed by atoms with van der Waals surface area (Å²) in [5, 5.41) is 2.97. The van der Waals surface area contributed by atoms with Gasteiger partial charge in [-0.25, -0.2) is 0 Å². The highest BCUT2D eigenvalue weighted by molar-refractivity contribution is 5.95. The van der Waals surface area contributed by atoms with Gasteiger partial charge < -0.3 is 10.1 Å². The van der Waals surface area contributed by atoms with Crippen molar-refractivity contribution >= 4 is 5.91 Å². The highest BCUT2D eigenvalue weighted by Gasteiger charge is 2.16. The van der Waals surface area contributed by atoms with E-state index in [0.29, 0.717) is 12.1 Å². The van der Waals surface area contributed by atoms with E-state index in [0.717, 1.165) is 30.6 Å². The SMILES string of the molecule is Cc1cccc(-c2cccc(C(=O)NC[C@H]3CCCO3)c2)c1. The number of aryl methyl sites for hydroxylation is 1. The lowest BCUT2D eigenvalue weighted by atomic mass is 10.0. The molecule has 0 radical (unpaired) electrons. The molecule has 1 heterocycles. The van der Waals surface area contributed by atoms with Crippen LogP contribution in [-0.2, 0) is 4.74 Å². The van der Waals surface area contributed by atoms with Gasteiger partial charge in [-0.1, -0.05) is 42.0 Å². The minimum atomic E-state index is -0.0370. The summed E-state index contributed by atoms with van der Waals surface area (Å²) in [5.74, 6) is -0.0370. The Balaban J connectivity index is 1.71. The van der Waals surface area contributed by atoms with Crippen molar-refractivity contribution in [2.45, 2.75) is 25.9 Å². The summed E-state index contributed by atoms with van der Waals surface area (Å²) in [6.07, 6.45) is 2.29. The summed E-state index contributed by atoms with van der Waals surface area (Å²) in [6, 6.07) is 16.1. The summed E-state index contributed by atoms with van der Waals surface area (Å²) < 4.78 is 5.53. The van der Waals surface area contributed by atoms with Crippen LogP contribution in [0.1, 0.15) is 28.8 Å². The molecule has 1 saturated heterocycles. The van der Waals surface area contributed by atoms with Crippen LogP contribution in [0.15, 0.2) is 48.5 Å². The lowest BCUT2D eigenvalue weighted by Crippen LogP contribution is -2.31. The Morgan fingerprint density at radius 2 is 1.95 bits per heavy atom. The standard InChI is InChI=1S/C19H21NO2/c1-14-5-2-6-15(11-14)16-7-3-8-17(12-16)19(21)20-13-18-9-4-10-22-18/h2-3,5-8,11-12,18H,4,9-10,13H2,1H3,(H,20,21)/t18-/m1/s1. The average molecular weight is 295 g/mol. The van der Waals surface area contributed by atoms with Crippen molar-refractivity contribution in [3.8, 4) is 11.1 Å². The zero-order valence-electron chi connectivity index (χ0n) is 12.8. The molecule has 2 aromatic carbocycles. The first kappa shape index (κ1) is 14.8. The molecule has 1 amide bonds. The summed E-state index contributed by atoms with van der Waals surface area (Å²) in [5.41, 5.74) is 4.10. The molecule has 22 heavy (non-hydrogen) atoms. The first-order valence-corrected chi connectivity index (χ1v) is 7.79. The maximum atomic E-state index is 12.3. The predicted molar refractivity (Wildman–Crippen MR) is 87.9 cm³/mol. The maximum absolute atomic E-state index is 12.3. The van der Waals surface area contributed by atoms with Crippen LogP contribution in [0.3, 0.4) is 0 Å². The second-order valence-electron chi connectivity index (χ2n) is 5.80. The smallest absolute Gasteiger partial charge is 0.251 e. The minimum Gasteiger partial charge on any atom is -0.376 e. The fourth-order valence-electron chi connectivity index (χ4n) is 2.78.